The smallest absolute Gasteiger partial charge is 0.329 e. The summed E-state index contributed by atoms with van der Waals surface area (Å²) in [6.45, 7) is 1.89. The van der Waals surface area contributed by atoms with Crippen LogP contribution in [-0.2, 0) is 0 Å². The van der Waals surface area contributed by atoms with Crippen molar-refractivity contribution in [3.8, 4) is 5.75 Å². The van der Waals surface area contributed by atoms with Crippen molar-refractivity contribution in [2.75, 3.05) is 24.8 Å². The molecule has 0 saturated carbocycles. The summed E-state index contributed by atoms with van der Waals surface area (Å²) in [5.74, 6) is 1.17. The van der Waals surface area contributed by atoms with E-state index in [-0.39, 0.29) is 11.5 Å². The minimum atomic E-state index is -0.530. The van der Waals surface area contributed by atoms with Crippen LogP contribution >= 0.6 is 0 Å². The molecule has 110 valence electrons. The molecule has 0 unspecified atom stereocenters. The Bertz CT molecular complexity index is 675. The van der Waals surface area contributed by atoms with Crippen molar-refractivity contribution < 1.29 is 9.66 Å². The summed E-state index contributed by atoms with van der Waals surface area (Å²) in [4.78, 5) is 18.4. The van der Waals surface area contributed by atoms with E-state index in [1.165, 1.54) is 0 Å². The van der Waals surface area contributed by atoms with Gasteiger partial charge in [0.05, 0.1) is 12.0 Å². The molecule has 0 aliphatic carbocycles. The van der Waals surface area contributed by atoms with Crippen molar-refractivity contribution in [2.24, 2.45) is 0 Å². The first-order valence-electron chi connectivity index (χ1n) is 6.16. The molecule has 1 heterocycles. The first kappa shape index (κ1) is 14.5. The van der Waals surface area contributed by atoms with E-state index in [0.717, 1.165) is 17.5 Å². The van der Waals surface area contributed by atoms with Crippen LogP contribution in [0.4, 0.5) is 23.1 Å². The standard InChI is InChI=1S/C13H15N5O3/c1-8-6-9(4-5-11(8)21-3)16-12-10(18(19)20)7-15-13(14-2)17-12/h4-7H,1-3H3,(H2,14,15,16,17). The lowest BCUT2D eigenvalue weighted by molar-refractivity contribution is -0.384. The molecule has 0 saturated heterocycles. The number of nitro groups is 1. The molecule has 0 aliphatic rings. The molecule has 8 heteroatoms. The van der Waals surface area contributed by atoms with Gasteiger partial charge < -0.3 is 15.4 Å². The number of nitrogens with one attached hydrogen (secondary N) is 2. The number of rotatable bonds is 5. The number of nitrogens with zero attached hydrogens (tertiary/aromatic N) is 3. The molecule has 0 radical (unpaired) electrons. The molecule has 0 fully saturated rings. The van der Waals surface area contributed by atoms with Crippen molar-refractivity contribution >= 4 is 23.1 Å². The lowest BCUT2D eigenvalue weighted by Gasteiger charge is -2.10. The van der Waals surface area contributed by atoms with Crippen LogP contribution in [0.1, 0.15) is 5.56 Å². The predicted octanol–water partition coefficient (Wildman–Crippen LogP) is 2.49. The molecule has 8 nitrogen and oxygen atoms in total. The van der Waals surface area contributed by atoms with Crippen LogP contribution in [0.5, 0.6) is 5.75 Å². The lowest BCUT2D eigenvalue weighted by atomic mass is 10.2. The van der Waals surface area contributed by atoms with Gasteiger partial charge in [0, 0.05) is 12.7 Å². The third-order valence-corrected chi connectivity index (χ3v) is 2.85. The van der Waals surface area contributed by atoms with E-state index in [2.05, 4.69) is 20.6 Å². The number of methoxy groups -OCH3 is 1. The molecule has 0 amide bonds. The van der Waals surface area contributed by atoms with Gasteiger partial charge in [0.25, 0.3) is 0 Å². The summed E-state index contributed by atoms with van der Waals surface area (Å²) in [5, 5.41) is 16.7. The molecule has 0 atom stereocenters. The van der Waals surface area contributed by atoms with Gasteiger partial charge in [-0.25, -0.2) is 4.98 Å². The van der Waals surface area contributed by atoms with Crippen molar-refractivity contribution in [3.63, 3.8) is 0 Å². The fraction of sp³-hybridized carbons (Fsp3) is 0.231. The molecule has 2 rings (SSSR count). The Kier molecular flexibility index (Phi) is 4.17. The van der Waals surface area contributed by atoms with Gasteiger partial charge in [0.1, 0.15) is 11.9 Å². The van der Waals surface area contributed by atoms with Crippen LogP contribution in [0.3, 0.4) is 0 Å². The number of aromatic nitrogens is 2. The summed E-state index contributed by atoms with van der Waals surface area (Å²) in [6, 6.07) is 5.37. The first-order valence-corrected chi connectivity index (χ1v) is 6.16. The highest BCUT2D eigenvalue weighted by atomic mass is 16.6. The number of aryl methyl sites for hydroxylation is 1. The number of hydrogen-bond acceptors (Lipinski definition) is 7. The van der Waals surface area contributed by atoms with Gasteiger partial charge in [0.2, 0.25) is 11.8 Å². The van der Waals surface area contributed by atoms with E-state index < -0.39 is 4.92 Å². The minimum absolute atomic E-state index is 0.129. The fourth-order valence-corrected chi connectivity index (χ4v) is 1.81. The summed E-state index contributed by atoms with van der Waals surface area (Å²) in [5.41, 5.74) is 1.40. The maximum atomic E-state index is 11.0. The zero-order valence-corrected chi connectivity index (χ0v) is 11.9. The maximum absolute atomic E-state index is 11.0. The molecule has 2 N–H and O–H groups in total. The predicted molar refractivity (Wildman–Crippen MR) is 79.2 cm³/mol. The van der Waals surface area contributed by atoms with E-state index in [1.807, 2.05) is 13.0 Å². The van der Waals surface area contributed by atoms with Crippen LogP contribution in [0.2, 0.25) is 0 Å². The van der Waals surface area contributed by atoms with E-state index in [1.54, 1.807) is 26.3 Å². The van der Waals surface area contributed by atoms with Crippen LogP contribution in [0.15, 0.2) is 24.4 Å². The van der Waals surface area contributed by atoms with Crippen LogP contribution in [0.25, 0.3) is 0 Å². The Labute approximate surface area is 121 Å². The van der Waals surface area contributed by atoms with Gasteiger partial charge in [-0.15, -0.1) is 0 Å². The highest BCUT2D eigenvalue weighted by Crippen LogP contribution is 2.28. The lowest BCUT2D eigenvalue weighted by Crippen LogP contribution is -2.04. The Morgan fingerprint density at radius 3 is 2.71 bits per heavy atom. The van der Waals surface area contributed by atoms with Gasteiger partial charge in [-0.3, -0.25) is 10.1 Å². The number of ether oxygens (including phenoxy) is 1. The van der Waals surface area contributed by atoms with E-state index in [4.69, 9.17) is 4.74 Å². The average Bonchev–Trinajstić information content (AvgIpc) is 2.47. The number of anilines is 3. The van der Waals surface area contributed by atoms with Gasteiger partial charge in [-0.2, -0.15) is 4.98 Å². The summed E-state index contributed by atoms with van der Waals surface area (Å²) >= 11 is 0. The van der Waals surface area contributed by atoms with Crippen LogP contribution in [-0.4, -0.2) is 29.0 Å². The molecule has 0 spiro atoms. The number of benzene rings is 1. The third kappa shape index (κ3) is 3.16. The van der Waals surface area contributed by atoms with Gasteiger partial charge in [0.15, 0.2) is 0 Å². The van der Waals surface area contributed by atoms with E-state index in [0.29, 0.717) is 11.6 Å². The highest BCUT2D eigenvalue weighted by Gasteiger charge is 2.17. The first-order chi connectivity index (χ1) is 10.0. The largest absolute Gasteiger partial charge is 0.496 e. The molecular formula is C13H15N5O3. The zero-order chi connectivity index (χ0) is 15.4. The van der Waals surface area contributed by atoms with Crippen molar-refractivity contribution in [2.45, 2.75) is 6.92 Å². The number of hydrogen-bond donors (Lipinski definition) is 2. The molecule has 0 aliphatic heterocycles. The Balaban J connectivity index is 2.37. The second-order valence-corrected chi connectivity index (χ2v) is 4.24. The van der Waals surface area contributed by atoms with Gasteiger partial charge in [-0.1, -0.05) is 0 Å². The Hall–Kier alpha value is -2.90. The molecular weight excluding hydrogens is 274 g/mol. The monoisotopic (exact) mass is 289 g/mol. The van der Waals surface area contributed by atoms with E-state index in [9.17, 15) is 10.1 Å². The highest BCUT2D eigenvalue weighted by molar-refractivity contribution is 5.67. The van der Waals surface area contributed by atoms with Crippen molar-refractivity contribution in [1.82, 2.24) is 9.97 Å². The fourth-order valence-electron chi connectivity index (χ4n) is 1.81. The zero-order valence-electron chi connectivity index (χ0n) is 11.9. The molecule has 1 aromatic carbocycles. The molecule has 1 aromatic heterocycles. The normalized spacial score (nSPS) is 10.0. The second-order valence-electron chi connectivity index (χ2n) is 4.24. The summed E-state index contributed by atoms with van der Waals surface area (Å²) in [7, 11) is 3.23. The quantitative estimate of drug-likeness (QED) is 0.643. The topological polar surface area (TPSA) is 102 Å². The van der Waals surface area contributed by atoms with E-state index >= 15 is 0 Å². The summed E-state index contributed by atoms with van der Waals surface area (Å²) < 4.78 is 5.18. The van der Waals surface area contributed by atoms with Crippen molar-refractivity contribution in [1.29, 1.82) is 0 Å². The van der Waals surface area contributed by atoms with Crippen molar-refractivity contribution in [3.05, 3.63) is 40.1 Å². The van der Waals surface area contributed by atoms with Crippen LogP contribution < -0.4 is 15.4 Å². The third-order valence-electron chi connectivity index (χ3n) is 2.85. The Morgan fingerprint density at radius 2 is 2.14 bits per heavy atom. The maximum Gasteiger partial charge on any atom is 0.329 e. The average molecular weight is 289 g/mol. The van der Waals surface area contributed by atoms with Gasteiger partial charge in [-0.05, 0) is 30.7 Å². The van der Waals surface area contributed by atoms with Gasteiger partial charge >= 0.3 is 5.69 Å². The molecule has 2 aromatic rings. The van der Waals surface area contributed by atoms with Crippen LogP contribution in [0, 0.1) is 17.0 Å². The molecule has 0 bridgehead atoms. The Morgan fingerprint density at radius 1 is 1.38 bits per heavy atom. The minimum Gasteiger partial charge on any atom is -0.496 e. The molecule has 21 heavy (non-hydrogen) atoms. The second kappa shape index (κ2) is 6.04. The SMILES string of the molecule is CNc1ncc([N+](=O)[O-])c(Nc2ccc(OC)c(C)c2)n1. The summed E-state index contributed by atoms with van der Waals surface area (Å²) in [6.07, 6.45) is 1.16.